The van der Waals surface area contributed by atoms with Crippen LogP contribution in [-0.2, 0) is 5.41 Å². The number of non-ortho nitro benzene ring substituents is 1. The average Bonchev–Trinajstić information content (AvgIpc) is 2.99. The topological polar surface area (TPSA) is 66.9 Å². The molecule has 1 saturated carbocycles. The molecule has 0 aliphatic heterocycles. The van der Waals surface area contributed by atoms with Crippen LogP contribution in [0.4, 0.5) is 10.1 Å². The molecule has 0 bridgehead atoms. The highest BCUT2D eigenvalue weighted by atomic mass is 19.1. The zero-order valence-electron chi connectivity index (χ0n) is 7.74. The number of rotatable bonds is 2. The van der Waals surface area contributed by atoms with Crippen molar-refractivity contribution in [1.29, 1.82) is 5.26 Å². The van der Waals surface area contributed by atoms with Crippen molar-refractivity contribution in [3.8, 4) is 6.07 Å². The summed E-state index contributed by atoms with van der Waals surface area (Å²) in [7, 11) is 0. The Morgan fingerprint density at radius 2 is 2.20 bits per heavy atom. The number of hydrogen-bond acceptors (Lipinski definition) is 3. The summed E-state index contributed by atoms with van der Waals surface area (Å²) in [4.78, 5) is 9.91. The van der Waals surface area contributed by atoms with Gasteiger partial charge in [-0.3, -0.25) is 10.1 Å². The van der Waals surface area contributed by atoms with Gasteiger partial charge in [-0.2, -0.15) is 5.26 Å². The second-order valence-corrected chi connectivity index (χ2v) is 3.62. The van der Waals surface area contributed by atoms with Crippen molar-refractivity contribution in [1.82, 2.24) is 0 Å². The van der Waals surface area contributed by atoms with Gasteiger partial charge in [-0.15, -0.1) is 0 Å². The molecule has 0 radical (unpaired) electrons. The van der Waals surface area contributed by atoms with Crippen molar-refractivity contribution in [3.05, 3.63) is 39.7 Å². The van der Waals surface area contributed by atoms with Gasteiger partial charge in [0.2, 0.25) is 0 Å². The molecular weight excluding hydrogens is 199 g/mol. The fourth-order valence-corrected chi connectivity index (χ4v) is 1.56. The lowest BCUT2D eigenvalue weighted by molar-refractivity contribution is -0.385. The summed E-state index contributed by atoms with van der Waals surface area (Å²) in [6, 6.07) is 5.32. The number of hydrogen-bond donors (Lipinski definition) is 0. The van der Waals surface area contributed by atoms with E-state index in [1.165, 1.54) is 0 Å². The van der Waals surface area contributed by atoms with Gasteiger partial charge in [0.05, 0.1) is 16.4 Å². The van der Waals surface area contributed by atoms with E-state index in [4.69, 9.17) is 5.26 Å². The average molecular weight is 206 g/mol. The molecule has 2 rings (SSSR count). The number of nitriles is 1. The van der Waals surface area contributed by atoms with Gasteiger partial charge in [-0.25, -0.2) is 4.39 Å². The van der Waals surface area contributed by atoms with Crippen molar-refractivity contribution in [2.45, 2.75) is 18.3 Å². The van der Waals surface area contributed by atoms with Crippen LogP contribution in [0.1, 0.15) is 18.4 Å². The SMILES string of the molecule is N#CC1(c2cc([N+](=O)[O-])ccc2F)CC1. The predicted molar refractivity (Wildman–Crippen MR) is 49.6 cm³/mol. The van der Waals surface area contributed by atoms with E-state index in [9.17, 15) is 14.5 Å². The number of benzene rings is 1. The molecule has 1 aliphatic rings. The van der Waals surface area contributed by atoms with E-state index in [1.54, 1.807) is 0 Å². The smallest absolute Gasteiger partial charge is 0.258 e. The van der Waals surface area contributed by atoms with Crippen molar-refractivity contribution in [2.75, 3.05) is 0 Å². The Hall–Kier alpha value is -1.96. The number of nitrogens with zero attached hydrogens (tertiary/aromatic N) is 2. The van der Waals surface area contributed by atoms with Crippen LogP contribution >= 0.6 is 0 Å². The van der Waals surface area contributed by atoms with Crippen LogP contribution in [0.2, 0.25) is 0 Å². The lowest BCUT2D eigenvalue weighted by Gasteiger charge is -2.06. The Kier molecular flexibility index (Phi) is 1.93. The lowest BCUT2D eigenvalue weighted by atomic mass is 9.97. The van der Waals surface area contributed by atoms with Crippen LogP contribution in [0.25, 0.3) is 0 Å². The first-order valence-electron chi connectivity index (χ1n) is 4.45. The molecule has 1 aromatic carbocycles. The van der Waals surface area contributed by atoms with Gasteiger partial charge in [-0.1, -0.05) is 0 Å². The minimum atomic E-state index is -0.823. The monoisotopic (exact) mass is 206 g/mol. The molecule has 0 N–H and O–H groups in total. The van der Waals surface area contributed by atoms with Gasteiger partial charge in [0.15, 0.2) is 0 Å². The van der Waals surface area contributed by atoms with Gasteiger partial charge in [0.1, 0.15) is 5.82 Å². The van der Waals surface area contributed by atoms with Crippen LogP contribution in [0.3, 0.4) is 0 Å². The summed E-state index contributed by atoms with van der Waals surface area (Å²) in [5.41, 5.74) is -0.844. The summed E-state index contributed by atoms with van der Waals surface area (Å²) in [5, 5.41) is 19.4. The molecule has 1 fully saturated rings. The molecule has 4 nitrogen and oxygen atoms in total. The molecule has 76 valence electrons. The number of nitro benzene ring substituents is 1. The highest BCUT2D eigenvalue weighted by Crippen LogP contribution is 2.49. The predicted octanol–water partition coefficient (Wildman–Crippen LogP) is 2.29. The van der Waals surface area contributed by atoms with Gasteiger partial charge in [0, 0.05) is 17.7 Å². The third kappa shape index (κ3) is 1.44. The van der Waals surface area contributed by atoms with E-state index in [1.807, 2.05) is 6.07 Å². The third-order valence-electron chi connectivity index (χ3n) is 2.64. The Morgan fingerprint density at radius 1 is 1.53 bits per heavy atom. The summed E-state index contributed by atoms with van der Waals surface area (Å²) in [5.74, 6) is -0.542. The number of nitro groups is 1. The zero-order valence-corrected chi connectivity index (χ0v) is 7.74. The first-order chi connectivity index (χ1) is 7.09. The third-order valence-corrected chi connectivity index (χ3v) is 2.64. The first-order valence-corrected chi connectivity index (χ1v) is 4.45. The molecule has 0 spiro atoms. The lowest BCUT2D eigenvalue weighted by Crippen LogP contribution is -2.06. The quantitative estimate of drug-likeness (QED) is 0.550. The fourth-order valence-electron chi connectivity index (χ4n) is 1.56. The molecule has 15 heavy (non-hydrogen) atoms. The van der Waals surface area contributed by atoms with Crippen LogP contribution in [0.15, 0.2) is 18.2 Å². The zero-order chi connectivity index (χ0) is 11.1. The highest BCUT2D eigenvalue weighted by molar-refractivity contribution is 5.46. The Bertz CT molecular complexity index is 475. The molecule has 0 atom stereocenters. The normalized spacial score (nSPS) is 16.8. The summed E-state index contributed by atoms with van der Waals surface area (Å²) in [6.07, 6.45) is 1.14. The maximum atomic E-state index is 13.4. The standard InChI is InChI=1S/C10H7FN2O2/c11-9-2-1-7(13(14)15)5-8(9)10(6-12)3-4-10/h1-2,5H,3-4H2. The number of halogens is 1. The Morgan fingerprint density at radius 3 is 2.67 bits per heavy atom. The van der Waals surface area contributed by atoms with E-state index in [0.29, 0.717) is 12.8 Å². The van der Waals surface area contributed by atoms with E-state index in [-0.39, 0.29) is 11.3 Å². The Balaban J connectivity index is 2.52. The van der Waals surface area contributed by atoms with Crippen LogP contribution < -0.4 is 0 Å². The van der Waals surface area contributed by atoms with Crippen molar-refractivity contribution in [3.63, 3.8) is 0 Å². The molecule has 0 heterocycles. The van der Waals surface area contributed by atoms with Gasteiger partial charge < -0.3 is 0 Å². The summed E-state index contributed by atoms with van der Waals surface area (Å²) in [6.45, 7) is 0. The Labute approximate surface area is 85.1 Å². The molecule has 1 aromatic rings. The van der Waals surface area contributed by atoms with Crippen molar-refractivity contribution < 1.29 is 9.31 Å². The van der Waals surface area contributed by atoms with Crippen LogP contribution in [0.5, 0.6) is 0 Å². The van der Waals surface area contributed by atoms with Crippen molar-refractivity contribution >= 4 is 5.69 Å². The molecule has 1 aliphatic carbocycles. The maximum Gasteiger partial charge on any atom is 0.269 e. The van der Waals surface area contributed by atoms with Gasteiger partial charge >= 0.3 is 0 Å². The second kappa shape index (κ2) is 3.02. The van der Waals surface area contributed by atoms with E-state index in [0.717, 1.165) is 18.2 Å². The highest BCUT2D eigenvalue weighted by Gasteiger charge is 2.47. The fraction of sp³-hybridized carbons (Fsp3) is 0.300. The molecular formula is C10H7FN2O2. The van der Waals surface area contributed by atoms with E-state index < -0.39 is 16.2 Å². The molecule has 0 aromatic heterocycles. The maximum absolute atomic E-state index is 13.4. The van der Waals surface area contributed by atoms with Crippen LogP contribution in [-0.4, -0.2) is 4.92 Å². The van der Waals surface area contributed by atoms with E-state index >= 15 is 0 Å². The minimum absolute atomic E-state index is 0.152. The molecule has 0 saturated heterocycles. The van der Waals surface area contributed by atoms with Crippen molar-refractivity contribution in [2.24, 2.45) is 0 Å². The summed E-state index contributed by atoms with van der Waals surface area (Å²) >= 11 is 0. The first kappa shape index (κ1) is 9.59. The van der Waals surface area contributed by atoms with Gasteiger partial charge in [0.25, 0.3) is 5.69 Å². The summed E-state index contributed by atoms with van der Waals surface area (Å²) < 4.78 is 13.4. The van der Waals surface area contributed by atoms with Gasteiger partial charge in [-0.05, 0) is 18.9 Å². The largest absolute Gasteiger partial charge is 0.269 e. The molecule has 0 unspecified atom stereocenters. The molecule has 0 amide bonds. The molecule has 5 heteroatoms. The second-order valence-electron chi connectivity index (χ2n) is 3.62. The minimum Gasteiger partial charge on any atom is -0.258 e. The van der Waals surface area contributed by atoms with E-state index in [2.05, 4.69) is 0 Å². The van der Waals surface area contributed by atoms with Crippen LogP contribution in [0, 0.1) is 27.3 Å².